The van der Waals surface area contributed by atoms with E-state index >= 15 is 0 Å². The maximum Gasteiger partial charge on any atom is 0.323 e. The third kappa shape index (κ3) is 2.20. The molecule has 18 heavy (non-hydrogen) atoms. The lowest BCUT2D eigenvalue weighted by Gasteiger charge is -2.12. The number of carboxylic acids is 1. The third-order valence-corrected chi connectivity index (χ3v) is 2.56. The van der Waals surface area contributed by atoms with E-state index < -0.39 is 5.97 Å². The zero-order valence-corrected chi connectivity index (χ0v) is 9.92. The van der Waals surface area contributed by atoms with E-state index in [2.05, 4.69) is 0 Å². The molecule has 1 aromatic carbocycles. The van der Waals surface area contributed by atoms with Gasteiger partial charge in [0, 0.05) is 11.5 Å². The van der Waals surface area contributed by atoms with E-state index in [0.717, 1.165) is 5.39 Å². The number of nitrogens with zero attached hydrogens (tertiary/aromatic N) is 1. The van der Waals surface area contributed by atoms with Crippen LogP contribution in [-0.4, -0.2) is 22.2 Å². The van der Waals surface area contributed by atoms with E-state index in [9.17, 15) is 9.59 Å². The highest BCUT2D eigenvalue weighted by molar-refractivity contribution is 5.86. The van der Waals surface area contributed by atoms with Crippen molar-refractivity contribution in [2.45, 2.75) is 13.5 Å². The van der Waals surface area contributed by atoms with Crippen LogP contribution in [0.3, 0.4) is 0 Å². The highest BCUT2D eigenvalue weighted by Crippen LogP contribution is 2.24. The van der Waals surface area contributed by atoms with Crippen molar-refractivity contribution in [3.05, 3.63) is 40.7 Å². The standard InChI is InChI=1S/C13H13NO4/c1-2-18-10-5-3-4-9-6-7-11(15)14(13(9)10)8-12(16)17/h3-7H,2,8H2,1H3,(H,16,17). The van der Waals surface area contributed by atoms with Gasteiger partial charge in [-0.3, -0.25) is 14.2 Å². The minimum atomic E-state index is -1.06. The number of hydrogen-bond donors (Lipinski definition) is 1. The maximum atomic E-state index is 11.8. The molecule has 0 spiro atoms. The van der Waals surface area contributed by atoms with Gasteiger partial charge in [-0.05, 0) is 19.1 Å². The number of aliphatic carboxylic acids is 1. The highest BCUT2D eigenvalue weighted by atomic mass is 16.5. The largest absolute Gasteiger partial charge is 0.492 e. The van der Waals surface area contributed by atoms with Gasteiger partial charge >= 0.3 is 5.97 Å². The molecule has 0 aliphatic rings. The lowest BCUT2D eigenvalue weighted by molar-refractivity contribution is -0.137. The molecule has 0 bridgehead atoms. The van der Waals surface area contributed by atoms with Crippen molar-refractivity contribution >= 4 is 16.9 Å². The Labute approximate surface area is 103 Å². The molecular weight excluding hydrogens is 234 g/mol. The second kappa shape index (κ2) is 4.91. The predicted octanol–water partition coefficient (Wildman–Crippen LogP) is 1.48. The third-order valence-electron chi connectivity index (χ3n) is 2.56. The normalized spacial score (nSPS) is 10.5. The van der Waals surface area contributed by atoms with Gasteiger partial charge in [0.1, 0.15) is 12.3 Å². The molecule has 94 valence electrons. The summed E-state index contributed by atoms with van der Waals surface area (Å²) in [6.07, 6.45) is 0. The molecular formula is C13H13NO4. The van der Waals surface area contributed by atoms with Crippen molar-refractivity contribution in [1.82, 2.24) is 4.57 Å². The topological polar surface area (TPSA) is 68.5 Å². The quantitative estimate of drug-likeness (QED) is 0.888. The van der Waals surface area contributed by atoms with E-state index in [4.69, 9.17) is 9.84 Å². The summed E-state index contributed by atoms with van der Waals surface area (Å²) < 4.78 is 6.65. The van der Waals surface area contributed by atoms with Gasteiger partial charge in [-0.2, -0.15) is 0 Å². The first-order valence-corrected chi connectivity index (χ1v) is 5.60. The summed E-state index contributed by atoms with van der Waals surface area (Å²) in [6.45, 7) is 1.91. The molecule has 2 aromatic rings. The first-order valence-electron chi connectivity index (χ1n) is 5.60. The van der Waals surface area contributed by atoms with Gasteiger partial charge in [-0.15, -0.1) is 0 Å². The van der Waals surface area contributed by atoms with Crippen LogP contribution in [0.15, 0.2) is 35.1 Å². The van der Waals surface area contributed by atoms with Crippen molar-refractivity contribution in [2.75, 3.05) is 6.61 Å². The molecule has 0 fully saturated rings. The Hall–Kier alpha value is -2.30. The number of hydrogen-bond acceptors (Lipinski definition) is 3. The molecule has 5 nitrogen and oxygen atoms in total. The Morgan fingerprint density at radius 3 is 2.78 bits per heavy atom. The van der Waals surface area contributed by atoms with E-state index in [1.165, 1.54) is 10.6 Å². The van der Waals surface area contributed by atoms with E-state index in [-0.39, 0.29) is 12.1 Å². The first-order chi connectivity index (χ1) is 8.63. The Bertz CT molecular complexity index is 645. The fourth-order valence-electron chi connectivity index (χ4n) is 1.89. The number of ether oxygens (including phenoxy) is 1. The molecule has 2 rings (SSSR count). The van der Waals surface area contributed by atoms with Gasteiger partial charge in [0.25, 0.3) is 5.56 Å². The van der Waals surface area contributed by atoms with Crippen LogP contribution in [0.2, 0.25) is 0 Å². The van der Waals surface area contributed by atoms with Crippen molar-refractivity contribution in [2.24, 2.45) is 0 Å². The molecule has 5 heteroatoms. The Morgan fingerprint density at radius 1 is 1.33 bits per heavy atom. The number of carbonyl (C=O) groups is 1. The molecule has 0 amide bonds. The maximum absolute atomic E-state index is 11.8. The van der Waals surface area contributed by atoms with Crippen molar-refractivity contribution in [3.8, 4) is 5.75 Å². The summed E-state index contributed by atoms with van der Waals surface area (Å²) in [7, 11) is 0. The number of rotatable bonds is 4. The second-order valence-electron chi connectivity index (χ2n) is 3.78. The van der Waals surface area contributed by atoms with Crippen LogP contribution in [0, 0.1) is 0 Å². The Balaban J connectivity index is 2.75. The number of fused-ring (bicyclic) bond motifs is 1. The summed E-state index contributed by atoms with van der Waals surface area (Å²) in [5, 5.41) is 9.65. The smallest absolute Gasteiger partial charge is 0.323 e. The number of para-hydroxylation sites is 1. The van der Waals surface area contributed by atoms with Crippen molar-refractivity contribution in [1.29, 1.82) is 0 Å². The molecule has 0 saturated carbocycles. The summed E-state index contributed by atoms with van der Waals surface area (Å²) in [4.78, 5) is 22.6. The predicted molar refractivity (Wildman–Crippen MR) is 67.0 cm³/mol. The minimum absolute atomic E-state index is 0.350. The highest BCUT2D eigenvalue weighted by Gasteiger charge is 2.11. The van der Waals surface area contributed by atoms with Crippen molar-refractivity contribution < 1.29 is 14.6 Å². The zero-order chi connectivity index (χ0) is 13.1. The molecule has 1 N–H and O–H groups in total. The van der Waals surface area contributed by atoms with Gasteiger partial charge in [0.15, 0.2) is 0 Å². The van der Waals surface area contributed by atoms with Gasteiger partial charge in [0.05, 0.1) is 12.1 Å². The van der Waals surface area contributed by atoms with E-state index in [1.54, 1.807) is 12.1 Å². The van der Waals surface area contributed by atoms with Gasteiger partial charge in [0.2, 0.25) is 0 Å². The SMILES string of the molecule is CCOc1cccc2ccc(=O)n(CC(=O)O)c12. The molecule has 0 aliphatic heterocycles. The van der Waals surface area contributed by atoms with Crippen molar-refractivity contribution in [3.63, 3.8) is 0 Å². The number of benzene rings is 1. The van der Waals surface area contributed by atoms with Gasteiger partial charge in [-0.25, -0.2) is 0 Å². The van der Waals surface area contributed by atoms with Crippen LogP contribution in [0.5, 0.6) is 5.75 Å². The molecule has 0 unspecified atom stereocenters. The molecule has 1 aromatic heterocycles. The van der Waals surface area contributed by atoms with Crippen LogP contribution in [0.25, 0.3) is 10.9 Å². The van der Waals surface area contributed by atoms with E-state index in [0.29, 0.717) is 17.9 Å². The number of pyridine rings is 1. The molecule has 1 heterocycles. The zero-order valence-electron chi connectivity index (χ0n) is 9.92. The average molecular weight is 247 g/mol. The molecule has 0 aliphatic carbocycles. The summed E-state index contributed by atoms with van der Waals surface area (Å²) in [5.41, 5.74) is 0.173. The fourth-order valence-corrected chi connectivity index (χ4v) is 1.89. The molecule has 0 saturated heterocycles. The number of carboxylic acid groups (broad SMARTS) is 1. The monoisotopic (exact) mass is 247 g/mol. The van der Waals surface area contributed by atoms with E-state index in [1.807, 2.05) is 19.1 Å². The summed E-state index contributed by atoms with van der Waals surface area (Å²) in [5.74, 6) is -0.537. The summed E-state index contributed by atoms with van der Waals surface area (Å²) >= 11 is 0. The van der Waals surface area contributed by atoms with Crippen LogP contribution in [0.1, 0.15) is 6.92 Å². The van der Waals surface area contributed by atoms with Gasteiger partial charge in [-0.1, -0.05) is 12.1 Å². The lowest BCUT2D eigenvalue weighted by atomic mass is 10.2. The number of aromatic nitrogens is 1. The Kier molecular flexibility index (Phi) is 3.32. The molecule has 0 radical (unpaired) electrons. The lowest BCUT2D eigenvalue weighted by Crippen LogP contribution is -2.23. The second-order valence-corrected chi connectivity index (χ2v) is 3.78. The van der Waals surface area contributed by atoms with Crippen LogP contribution >= 0.6 is 0 Å². The first kappa shape index (κ1) is 12.2. The van der Waals surface area contributed by atoms with Gasteiger partial charge < -0.3 is 9.84 Å². The average Bonchev–Trinajstić information content (AvgIpc) is 2.33. The van der Waals surface area contributed by atoms with Crippen LogP contribution in [0.4, 0.5) is 0 Å². The summed E-state index contributed by atoms with van der Waals surface area (Å²) in [6, 6.07) is 8.38. The Morgan fingerprint density at radius 2 is 2.11 bits per heavy atom. The molecule has 0 atom stereocenters. The fraction of sp³-hybridized carbons (Fsp3) is 0.231. The van der Waals surface area contributed by atoms with Crippen LogP contribution < -0.4 is 10.3 Å². The minimum Gasteiger partial charge on any atom is -0.492 e. The van der Waals surface area contributed by atoms with Crippen LogP contribution in [-0.2, 0) is 11.3 Å².